The summed E-state index contributed by atoms with van der Waals surface area (Å²) < 4.78 is 0. The van der Waals surface area contributed by atoms with Crippen LogP contribution >= 0.6 is 12.2 Å². The van der Waals surface area contributed by atoms with Crippen molar-refractivity contribution in [2.45, 2.75) is 12.6 Å². The summed E-state index contributed by atoms with van der Waals surface area (Å²) in [4.78, 5) is 22.8. The van der Waals surface area contributed by atoms with Crippen molar-refractivity contribution in [1.82, 2.24) is 10.6 Å². The summed E-state index contributed by atoms with van der Waals surface area (Å²) in [6.45, 7) is 1.34. The Kier molecular flexibility index (Phi) is 3.02. The number of para-hydroxylation sites is 1. The van der Waals surface area contributed by atoms with E-state index in [0.717, 1.165) is 0 Å². The molecule has 0 bridgehead atoms. The lowest BCUT2D eigenvalue weighted by atomic mass is 10.0. The van der Waals surface area contributed by atoms with Crippen molar-refractivity contribution in [1.29, 1.82) is 0 Å². The highest BCUT2D eigenvalue weighted by atomic mass is 32.1. The standard InChI is InChI=1S/C11H11N3O3S/c1-6(15)12-8-5-3-2-4-7(8)11(17)9(16)13-10(18)14-11/h2-5,17H,1H3,(H,12,15)(H2,13,14,16,18)/t11-/m0/s1. The number of benzene rings is 1. The van der Waals surface area contributed by atoms with Crippen LogP contribution in [0.1, 0.15) is 12.5 Å². The van der Waals surface area contributed by atoms with E-state index in [0.29, 0.717) is 5.69 Å². The number of anilines is 1. The van der Waals surface area contributed by atoms with Gasteiger partial charge in [0.2, 0.25) is 11.6 Å². The maximum absolute atomic E-state index is 11.7. The predicted molar refractivity (Wildman–Crippen MR) is 68.5 cm³/mol. The summed E-state index contributed by atoms with van der Waals surface area (Å²) in [6, 6.07) is 6.45. The summed E-state index contributed by atoms with van der Waals surface area (Å²) in [6.07, 6.45) is 0. The van der Waals surface area contributed by atoms with Gasteiger partial charge in [0.1, 0.15) is 0 Å². The first-order chi connectivity index (χ1) is 8.43. The fourth-order valence-corrected chi connectivity index (χ4v) is 1.97. The van der Waals surface area contributed by atoms with Crippen LogP contribution < -0.4 is 16.0 Å². The lowest BCUT2D eigenvalue weighted by Gasteiger charge is -2.22. The molecule has 1 aliphatic rings. The van der Waals surface area contributed by atoms with Gasteiger partial charge in [0.05, 0.1) is 0 Å². The van der Waals surface area contributed by atoms with Gasteiger partial charge in [-0.25, -0.2) is 0 Å². The van der Waals surface area contributed by atoms with E-state index in [1.54, 1.807) is 18.2 Å². The number of nitrogens with one attached hydrogen (secondary N) is 3. The van der Waals surface area contributed by atoms with Crippen molar-refractivity contribution < 1.29 is 14.7 Å². The van der Waals surface area contributed by atoms with Crippen LogP contribution in [0.4, 0.5) is 5.69 Å². The normalized spacial score (nSPS) is 22.3. The molecule has 1 fully saturated rings. The summed E-state index contributed by atoms with van der Waals surface area (Å²) in [5, 5.41) is 17.7. The van der Waals surface area contributed by atoms with Gasteiger partial charge in [-0.2, -0.15) is 0 Å². The summed E-state index contributed by atoms with van der Waals surface area (Å²) in [5.74, 6) is -0.975. The average molecular weight is 265 g/mol. The highest BCUT2D eigenvalue weighted by molar-refractivity contribution is 7.80. The molecule has 2 amide bonds. The number of aliphatic hydroxyl groups is 1. The molecule has 0 radical (unpaired) electrons. The Hall–Kier alpha value is -1.99. The first-order valence-corrected chi connectivity index (χ1v) is 5.57. The van der Waals surface area contributed by atoms with Crippen LogP contribution in [0.15, 0.2) is 24.3 Å². The largest absolute Gasteiger partial charge is 0.359 e. The molecule has 1 atom stereocenters. The summed E-state index contributed by atoms with van der Waals surface area (Å²) in [5.41, 5.74) is -1.38. The lowest BCUT2D eigenvalue weighted by Crippen LogP contribution is -2.44. The number of carbonyl (C=O) groups is 2. The van der Waals surface area contributed by atoms with Gasteiger partial charge in [-0.3, -0.25) is 14.9 Å². The van der Waals surface area contributed by atoms with E-state index in [-0.39, 0.29) is 16.6 Å². The molecule has 6 nitrogen and oxygen atoms in total. The molecule has 4 N–H and O–H groups in total. The number of amides is 2. The van der Waals surface area contributed by atoms with E-state index in [4.69, 9.17) is 12.2 Å². The van der Waals surface area contributed by atoms with Gasteiger partial charge in [0.25, 0.3) is 5.91 Å². The molecule has 0 aliphatic carbocycles. The van der Waals surface area contributed by atoms with Gasteiger partial charge in [-0.1, -0.05) is 18.2 Å². The Morgan fingerprint density at radius 3 is 2.67 bits per heavy atom. The van der Waals surface area contributed by atoms with E-state index >= 15 is 0 Å². The van der Waals surface area contributed by atoms with Crippen molar-refractivity contribution in [3.05, 3.63) is 29.8 Å². The molecule has 0 aromatic heterocycles. The molecule has 94 valence electrons. The van der Waals surface area contributed by atoms with Crippen molar-refractivity contribution in [2.24, 2.45) is 0 Å². The Morgan fingerprint density at radius 2 is 2.11 bits per heavy atom. The Bertz CT molecular complexity index is 546. The van der Waals surface area contributed by atoms with Crippen molar-refractivity contribution in [3.8, 4) is 0 Å². The average Bonchev–Trinajstić information content (AvgIpc) is 2.53. The van der Waals surface area contributed by atoms with Crippen molar-refractivity contribution in [2.75, 3.05) is 5.32 Å². The SMILES string of the molecule is CC(=O)Nc1ccccc1[C@@]1(O)NC(=S)NC1=O. The van der Waals surface area contributed by atoms with E-state index < -0.39 is 11.6 Å². The third-order valence-electron chi connectivity index (χ3n) is 2.48. The van der Waals surface area contributed by atoms with Gasteiger partial charge in [-0.05, 0) is 18.3 Å². The molecular formula is C11H11N3O3S. The van der Waals surface area contributed by atoms with Crippen LogP contribution in [0, 0.1) is 0 Å². The molecule has 0 saturated carbocycles. The maximum atomic E-state index is 11.7. The number of rotatable bonds is 2. The molecule has 1 saturated heterocycles. The van der Waals surface area contributed by atoms with E-state index in [2.05, 4.69) is 16.0 Å². The molecule has 1 aliphatic heterocycles. The first-order valence-electron chi connectivity index (χ1n) is 5.16. The molecule has 1 heterocycles. The minimum Gasteiger partial charge on any atom is -0.359 e. The zero-order valence-corrected chi connectivity index (χ0v) is 10.3. The molecule has 1 aromatic carbocycles. The zero-order valence-electron chi connectivity index (χ0n) is 9.48. The van der Waals surface area contributed by atoms with Crippen molar-refractivity contribution >= 4 is 34.8 Å². The predicted octanol–water partition coefficient (Wildman–Crippen LogP) is -0.206. The lowest BCUT2D eigenvalue weighted by molar-refractivity contribution is -0.137. The Morgan fingerprint density at radius 1 is 1.44 bits per heavy atom. The summed E-state index contributed by atoms with van der Waals surface area (Å²) in [7, 11) is 0. The highest BCUT2D eigenvalue weighted by Crippen LogP contribution is 2.28. The molecule has 0 spiro atoms. The third kappa shape index (κ3) is 2.05. The van der Waals surface area contributed by atoms with Gasteiger partial charge < -0.3 is 15.7 Å². The van der Waals surface area contributed by atoms with Crippen LogP contribution in [-0.4, -0.2) is 22.0 Å². The number of carbonyl (C=O) groups excluding carboxylic acids is 2. The molecule has 7 heteroatoms. The molecule has 0 unspecified atom stereocenters. The molecule has 18 heavy (non-hydrogen) atoms. The first kappa shape index (κ1) is 12.5. The maximum Gasteiger partial charge on any atom is 0.284 e. The second-order valence-electron chi connectivity index (χ2n) is 3.85. The Labute approximate surface area is 108 Å². The fourth-order valence-electron chi connectivity index (χ4n) is 1.73. The number of hydrogen-bond donors (Lipinski definition) is 4. The van der Waals surface area contributed by atoms with Crippen molar-refractivity contribution in [3.63, 3.8) is 0 Å². The van der Waals surface area contributed by atoms with Crippen LogP contribution in [0.5, 0.6) is 0 Å². The molecule has 2 rings (SSSR count). The number of thiocarbonyl (C=S) groups is 1. The summed E-state index contributed by atoms with van der Waals surface area (Å²) >= 11 is 4.79. The van der Waals surface area contributed by atoms with Crippen LogP contribution in [-0.2, 0) is 15.3 Å². The van der Waals surface area contributed by atoms with Crippen LogP contribution in [0.25, 0.3) is 0 Å². The number of hydrogen-bond acceptors (Lipinski definition) is 4. The van der Waals surface area contributed by atoms with Gasteiger partial charge in [0, 0.05) is 18.2 Å². The molecular weight excluding hydrogens is 254 g/mol. The van der Waals surface area contributed by atoms with E-state index in [1.165, 1.54) is 13.0 Å². The monoisotopic (exact) mass is 265 g/mol. The third-order valence-corrected chi connectivity index (χ3v) is 2.68. The second kappa shape index (κ2) is 4.35. The van der Waals surface area contributed by atoms with Crippen LogP contribution in [0.3, 0.4) is 0 Å². The van der Waals surface area contributed by atoms with E-state index in [9.17, 15) is 14.7 Å². The zero-order chi connectivity index (χ0) is 13.3. The van der Waals surface area contributed by atoms with E-state index in [1.807, 2.05) is 0 Å². The smallest absolute Gasteiger partial charge is 0.284 e. The van der Waals surface area contributed by atoms with Gasteiger partial charge in [-0.15, -0.1) is 0 Å². The van der Waals surface area contributed by atoms with Crippen LogP contribution in [0.2, 0.25) is 0 Å². The quantitative estimate of drug-likeness (QED) is 0.556. The van der Waals surface area contributed by atoms with Gasteiger partial charge in [0.15, 0.2) is 5.11 Å². The molecule has 1 aromatic rings. The highest BCUT2D eigenvalue weighted by Gasteiger charge is 2.46. The second-order valence-corrected chi connectivity index (χ2v) is 4.25. The topological polar surface area (TPSA) is 90.5 Å². The fraction of sp³-hybridized carbons (Fsp3) is 0.182. The minimum atomic E-state index is -1.96. The Balaban J connectivity index is 2.47. The minimum absolute atomic E-state index is 0.0418. The van der Waals surface area contributed by atoms with Gasteiger partial charge >= 0.3 is 0 Å².